The highest BCUT2D eigenvalue weighted by Gasteiger charge is 2.28. The molecule has 15 heavy (non-hydrogen) atoms. The van der Waals surface area contributed by atoms with E-state index in [2.05, 4.69) is 13.8 Å². The Balaban J connectivity index is 2.45. The molecule has 0 amide bonds. The number of rotatable bonds is 4. The Hall–Kier alpha value is -0.330. The van der Waals surface area contributed by atoms with Crippen LogP contribution < -0.4 is 0 Å². The van der Waals surface area contributed by atoms with Crippen LogP contribution in [0.1, 0.15) is 59.8 Å². The van der Waals surface area contributed by atoms with E-state index in [0.717, 1.165) is 24.7 Å². The van der Waals surface area contributed by atoms with Crippen molar-refractivity contribution >= 4 is 5.78 Å². The predicted molar refractivity (Wildman–Crippen MR) is 64.7 cm³/mol. The lowest BCUT2D eigenvalue weighted by molar-refractivity contribution is -0.127. The van der Waals surface area contributed by atoms with Gasteiger partial charge >= 0.3 is 0 Å². The van der Waals surface area contributed by atoms with Gasteiger partial charge in [0.1, 0.15) is 5.78 Å². The first-order valence-corrected chi connectivity index (χ1v) is 6.54. The first-order valence-electron chi connectivity index (χ1n) is 6.54. The van der Waals surface area contributed by atoms with Gasteiger partial charge in [0.2, 0.25) is 0 Å². The number of hydrogen-bond donors (Lipinski definition) is 0. The molecule has 0 radical (unpaired) electrons. The van der Waals surface area contributed by atoms with Crippen molar-refractivity contribution in [1.82, 2.24) is 0 Å². The summed E-state index contributed by atoms with van der Waals surface area (Å²) >= 11 is 0. The van der Waals surface area contributed by atoms with E-state index in [0.29, 0.717) is 11.7 Å². The van der Waals surface area contributed by atoms with Gasteiger partial charge in [0.05, 0.1) is 0 Å². The van der Waals surface area contributed by atoms with Gasteiger partial charge in [-0.3, -0.25) is 4.79 Å². The Bertz CT molecular complexity index is 205. The van der Waals surface area contributed by atoms with Crippen LogP contribution in [0, 0.1) is 23.7 Å². The van der Waals surface area contributed by atoms with Gasteiger partial charge in [-0.2, -0.15) is 0 Å². The second-order valence-corrected chi connectivity index (χ2v) is 5.92. The maximum atomic E-state index is 11.9. The van der Waals surface area contributed by atoms with Crippen LogP contribution in [0.25, 0.3) is 0 Å². The van der Waals surface area contributed by atoms with E-state index in [-0.39, 0.29) is 5.92 Å². The summed E-state index contributed by atoms with van der Waals surface area (Å²) in [7, 11) is 0. The monoisotopic (exact) mass is 210 g/mol. The average molecular weight is 210 g/mol. The molecular formula is C14H26O. The molecule has 2 atom stereocenters. The molecule has 1 saturated carbocycles. The lowest BCUT2D eigenvalue weighted by Crippen LogP contribution is -2.26. The largest absolute Gasteiger partial charge is 0.299 e. The molecule has 1 aliphatic carbocycles. The van der Waals surface area contributed by atoms with Crippen molar-refractivity contribution in [2.24, 2.45) is 23.7 Å². The van der Waals surface area contributed by atoms with E-state index in [4.69, 9.17) is 0 Å². The maximum absolute atomic E-state index is 11.9. The van der Waals surface area contributed by atoms with Crippen molar-refractivity contribution in [2.45, 2.75) is 59.8 Å². The third-order valence-electron chi connectivity index (χ3n) is 3.56. The van der Waals surface area contributed by atoms with Gasteiger partial charge in [0.25, 0.3) is 0 Å². The van der Waals surface area contributed by atoms with Crippen molar-refractivity contribution in [3.8, 4) is 0 Å². The smallest absolute Gasteiger partial charge is 0.138 e. The second-order valence-electron chi connectivity index (χ2n) is 5.92. The Morgan fingerprint density at radius 2 is 1.87 bits per heavy atom. The number of carbonyl (C=O) groups is 1. The average Bonchev–Trinajstić information content (AvgIpc) is 2.16. The summed E-state index contributed by atoms with van der Waals surface area (Å²) in [5.74, 6) is 2.70. The predicted octanol–water partition coefficient (Wildman–Crippen LogP) is 4.06. The van der Waals surface area contributed by atoms with Crippen LogP contribution in [0.4, 0.5) is 0 Å². The summed E-state index contributed by atoms with van der Waals surface area (Å²) in [6, 6.07) is 0. The molecule has 0 bridgehead atoms. The van der Waals surface area contributed by atoms with Crippen LogP contribution in [0.3, 0.4) is 0 Å². The minimum Gasteiger partial charge on any atom is -0.299 e. The Morgan fingerprint density at radius 1 is 1.20 bits per heavy atom. The van der Waals surface area contributed by atoms with Crippen molar-refractivity contribution < 1.29 is 4.79 Å². The van der Waals surface area contributed by atoms with Crippen LogP contribution in [-0.2, 0) is 4.79 Å². The van der Waals surface area contributed by atoms with Crippen LogP contribution in [0.15, 0.2) is 0 Å². The minimum absolute atomic E-state index is 0.229. The summed E-state index contributed by atoms with van der Waals surface area (Å²) in [5.41, 5.74) is 0. The number of Topliss-reactive ketones (excluding diaryl/α,β-unsaturated/α-hetero) is 1. The van der Waals surface area contributed by atoms with E-state index in [1.165, 1.54) is 19.3 Å². The summed E-state index contributed by atoms with van der Waals surface area (Å²) in [5, 5.41) is 0. The van der Waals surface area contributed by atoms with E-state index in [1.807, 2.05) is 13.8 Å². The van der Waals surface area contributed by atoms with Gasteiger partial charge in [-0.25, -0.2) is 0 Å². The third-order valence-corrected chi connectivity index (χ3v) is 3.56. The van der Waals surface area contributed by atoms with Gasteiger partial charge in [0.15, 0.2) is 0 Å². The Morgan fingerprint density at radius 3 is 2.40 bits per heavy atom. The minimum atomic E-state index is 0.229. The highest BCUT2D eigenvalue weighted by atomic mass is 16.1. The zero-order valence-electron chi connectivity index (χ0n) is 10.8. The number of ketones is 1. The molecule has 0 saturated heterocycles. The number of hydrogen-bond acceptors (Lipinski definition) is 1. The van der Waals surface area contributed by atoms with Crippen molar-refractivity contribution in [3.63, 3.8) is 0 Å². The first kappa shape index (κ1) is 12.7. The van der Waals surface area contributed by atoms with Gasteiger partial charge in [-0.15, -0.1) is 0 Å². The van der Waals surface area contributed by atoms with Crippen molar-refractivity contribution in [1.29, 1.82) is 0 Å². The summed E-state index contributed by atoms with van der Waals surface area (Å²) in [4.78, 5) is 11.9. The summed E-state index contributed by atoms with van der Waals surface area (Å²) in [6.45, 7) is 8.64. The zero-order valence-corrected chi connectivity index (χ0v) is 10.8. The molecule has 1 heteroatoms. The van der Waals surface area contributed by atoms with Gasteiger partial charge in [-0.05, 0) is 31.1 Å². The summed E-state index contributed by atoms with van der Waals surface area (Å²) < 4.78 is 0. The normalized spacial score (nSPS) is 27.3. The van der Waals surface area contributed by atoms with E-state index >= 15 is 0 Å². The molecule has 2 unspecified atom stereocenters. The number of carbonyl (C=O) groups excluding carboxylic acids is 1. The van der Waals surface area contributed by atoms with E-state index in [1.54, 1.807) is 0 Å². The molecule has 0 aromatic heterocycles. The molecule has 1 nitrogen and oxygen atoms in total. The lowest BCUT2D eigenvalue weighted by atomic mass is 9.74. The molecule has 0 heterocycles. The highest BCUT2D eigenvalue weighted by molar-refractivity contribution is 5.82. The topological polar surface area (TPSA) is 17.1 Å². The SMILES string of the molecule is CC(C)CC1CCCC(C(=O)C(C)C)C1. The van der Waals surface area contributed by atoms with Crippen LogP contribution in [0.5, 0.6) is 0 Å². The van der Waals surface area contributed by atoms with Crippen molar-refractivity contribution in [2.75, 3.05) is 0 Å². The zero-order chi connectivity index (χ0) is 11.4. The quantitative estimate of drug-likeness (QED) is 0.683. The van der Waals surface area contributed by atoms with Crippen LogP contribution >= 0.6 is 0 Å². The molecule has 0 spiro atoms. The molecule has 0 aliphatic heterocycles. The van der Waals surface area contributed by atoms with Gasteiger partial charge in [-0.1, -0.05) is 40.5 Å². The van der Waals surface area contributed by atoms with Crippen LogP contribution in [0.2, 0.25) is 0 Å². The highest BCUT2D eigenvalue weighted by Crippen LogP contribution is 2.34. The standard InChI is InChI=1S/C14H26O/c1-10(2)8-12-6-5-7-13(9-12)14(15)11(3)4/h10-13H,5-9H2,1-4H3. The molecular weight excluding hydrogens is 184 g/mol. The van der Waals surface area contributed by atoms with E-state index < -0.39 is 0 Å². The third kappa shape index (κ3) is 3.96. The Labute approximate surface area is 94.6 Å². The molecule has 1 aliphatic rings. The van der Waals surface area contributed by atoms with Crippen LogP contribution in [-0.4, -0.2) is 5.78 Å². The molecule has 1 rings (SSSR count). The maximum Gasteiger partial charge on any atom is 0.138 e. The molecule has 0 aromatic rings. The summed E-state index contributed by atoms with van der Waals surface area (Å²) in [6.07, 6.45) is 6.23. The second kappa shape index (κ2) is 5.67. The fourth-order valence-electron chi connectivity index (χ4n) is 2.90. The molecule has 1 fully saturated rings. The molecule has 88 valence electrons. The fraction of sp³-hybridized carbons (Fsp3) is 0.929. The fourth-order valence-corrected chi connectivity index (χ4v) is 2.90. The van der Waals surface area contributed by atoms with Gasteiger partial charge < -0.3 is 0 Å². The molecule has 0 aromatic carbocycles. The Kier molecular flexibility index (Phi) is 4.82. The first-order chi connectivity index (χ1) is 7.00. The van der Waals surface area contributed by atoms with E-state index in [9.17, 15) is 4.79 Å². The lowest BCUT2D eigenvalue weighted by Gasteiger charge is -2.30. The van der Waals surface area contributed by atoms with Crippen molar-refractivity contribution in [3.05, 3.63) is 0 Å². The van der Waals surface area contributed by atoms with Gasteiger partial charge in [0, 0.05) is 11.8 Å². The molecule has 0 N–H and O–H groups in total.